The fourth-order valence-corrected chi connectivity index (χ4v) is 7.20. The molecule has 51 heavy (non-hydrogen) atoms. The van der Waals surface area contributed by atoms with E-state index in [-0.39, 0.29) is 22.7 Å². The first kappa shape index (κ1) is 36.4. The molecule has 3 N–H and O–H groups in total. The maximum atomic E-state index is 15.7. The fraction of sp³-hybridized carbons (Fsp3) is 0.378. The lowest BCUT2D eigenvalue weighted by molar-refractivity contribution is -0.143. The number of pyridine rings is 3. The number of likely N-dealkylation sites (tertiary alicyclic amines) is 2. The van der Waals surface area contributed by atoms with E-state index in [1.54, 1.807) is 50.6 Å². The van der Waals surface area contributed by atoms with Gasteiger partial charge in [0.05, 0.1) is 40.1 Å². The number of benzene rings is 1. The first-order valence-corrected chi connectivity index (χ1v) is 17.7. The van der Waals surface area contributed by atoms with Crippen molar-refractivity contribution in [3.63, 3.8) is 0 Å². The summed E-state index contributed by atoms with van der Waals surface area (Å²) < 4.78 is 21.4. The van der Waals surface area contributed by atoms with Crippen LogP contribution in [-0.4, -0.2) is 81.1 Å². The number of carbonyl (C=O) groups excluding carboxylic acids is 1. The minimum atomic E-state index is -0.784. The Morgan fingerprint density at radius 1 is 0.941 bits per heavy atom. The number of carboxylic acids is 1. The number of carbonyl (C=O) groups is 2. The molecule has 2 fully saturated rings. The molecule has 268 valence electrons. The predicted octanol–water partition coefficient (Wildman–Crippen LogP) is 6.80. The molecule has 5 heterocycles. The summed E-state index contributed by atoms with van der Waals surface area (Å²) in [6.45, 7) is 5.15. The van der Waals surface area contributed by atoms with Gasteiger partial charge in [0.15, 0.2) is 11.6 Å². The average molecular weight is 737 g/mol. The number of aromatic nitrogens is 3. The largest absolute Gasteiger partial charge is 0.481 e. The minimum Gasteiger partial charge on any atom is -0.481 e. The highest BCUT2D eigenvalue weighted by atomic mass is 35.5. The molecule has 14 heteroatoms. The van der Waals surface area contributed by atoms with Gasteiger partial charge in [0.2, 0.25) is 11.8 Å². The number of amides is 1. The molecule has 0 bridgehead atoms. The van der Waals surface area contributed by atoms with E-state index in [9.17, 15) is 14.7 Å². The Kier molecular flexibility index (Phi) is 11.7. The van der Waals surface area contributed by atoms with E-state index >= 15 is 4.39 Å². The molecule has 0 unspecified atom stereocenters. The maximum absolute atomic E-state index is 15.7. The summed E-state index contributed by atoms with van der Waals surface area (Å²) in [4.78, 5) is 40.4. The van der Waals surface area contributed by atoms with Crippen LogP contribution in [0.2, 0.25) is 10.0 Å². The Bertz CT molecular complexity index is 1900. The average Bonchev–Trinajstić information content (AvgIpc) is 3.14. The Labute approximate surface area is 306 Å². The van der Waals surface area contributed by atoms with Gasteiger partial charge in [-0.2, -0.15) is 0 Å². The van der Waals surface area contributed by atoms with E-state index < -0.39 is 11.8 Å². The standard InChI is InChI=1S/C37H40Cl2FN7O4/c1-22(48)47-18-12-26(13-19-47)43-20-24-6-7-29(45-36(24)51-2)27-9-15-41-34(32(27)39)28-4-3-5-30(31(28)38)44-35-33(40)25(8-14-42-35)21-46-16-10-23(11-17-46)37(49)50/h3-9,14-15,23,26,43H,10-13,16-21H2,1-2H3,(H,42,44)(H,49,50). The summed E-state index contributed by atoms with van der Waals surface area (Å²) in [5, 5.41) is 16.5. The van der Waals surface area contributed by atoms with Crippen molar-refractivity contribution in [2.24, 2.45) is 5.92 Å². The lowest BCUT2D eigenvalue weighted by Crippen LogP contribution is -2.44. The molecule has 11 nitrogen and oxygen atoms in total. The zero-order valence-electron chi connectivity index (χ0n) is 28.5. The highest BCUT2D eigenvalue weighted by molar-refractivity contribution is 6.39. The molecule has 0 aliphatic carbocycles. The van der Waals surface area contributed by atoms with Gasteiger partial charge in [0.25, 0.3) is 0 Å². The van der Waals surface area contributed by atoms with Crippen molar-refractivity contribution in [2.75, 3.05) is 38.6 Å². The van der Waals surface area contributed by atoms with Crippen LogP contribution in [0.5, 0.6) is 5.88 Å². The van der Waals surface area contributed by atoms with Gasteiger partial charge >= 0.3 is 5.97 Å². The summed E-state index contributed by atoms with van der Waals surface area (Å²) in [5.74, 6) is -1.05. The van der Waals surface area contributed by atoms with Crippen LogP contribution in [0.3, 0.4) is 0 Å². The van der Waals surface area contributed by atoms with Crippen molar-refractivity contribution in [3.05, 3.63) is 81.8 Å². The lowest BCUT2D eigenvalue weighted by Gasteiger charge is -2.31. The van der Waals surface area contributed by atoms with Crippen molar-refractivity contribution in [3.8, 4) is 28.4 Å². The van der Waals surface area contributed by atoms with E-state index in [0.717, 1.165) is 31.5 Å². The van der Waals surface area contributed by atoms with Gasteiger partial charge in [0.1, 0.15) is 0 Å². The molecule has 3 aromatic heterocycles. The third-order valence-corrected chi connectivity index (χ3v) is 10.4. The molecule has 0 spiro atoms. The van der Waals surface area contributed by atoms with Gasteiger partial charge in [-0.3, -0.25) is 19.5 Å². The molecule has 0 saturated carbocycles. The van der Waals surface area contributed by atoms with Gasteiger partial charge in [0, 0.05) is 73.8 Å². The zero-order chi connectivity index (χ0) is 36.1. The van der Waals surface area contributed by atoms with Gasteiger partial charge < -0.3 is 25.4 Å². The number of hydrogen-bond donors (Lipinski definition) is 3. The summed E-state index contributed by atoms with van der Waals surface area (Å²) >= 11 is 13.9. The van der Waals surface area contributed by atoms with Gasteiger partial charge in [-0.1, -0.05) is 41.4 Å². The predicted molar refractivity (Wildman–Crippen MR) is 195 cm³/mol. The third-order valence-electron chi connectivity index (χ3n) is 9.63. The Morgan fingerprint density at radius 2 is 1.69 bits per heavy atom. The Morgan fingerprint density at radius 3 is 2.39 bits per heavy atom. The van der Waals surface area contributed by atoms with E-state index in [4.69, 9.17) is 32.9 Å². The number of ether oxygens (including phenoxy) is 1. The summed E-state index contributed by atoms with van der Waals surface area (Å²) in [7, 11) is 1.58. The first-order valence-electron chi connectivity index (χ1n) is 16.9. The van der Waals surface area contributed by atoms with Gasteiger partial charge in [-0.05, 0) is 63.0 Å². The number of hydrogen-bond acceptors (Lipinski definition) is 9. The third kappa shape index (κ3) is 8.41. The molecule has 1 amide bonds. The highest BCUT2D eigenvalue weighted by Gasteiger charge is 2.26. The summed E-state index contributed by atoms with van der Waals surface area (Å²) in [6, 6.07) is 12.8. The first-order chi connectivity index (χ1) is 24.6. The van der Waals surface area contributed by atoms with Crippen molar-refractivity contribution in [2.45, 2.75) is 51.7 Å². The molecule has 6 rings (SSSR count). The van der Waals surface area contributed by atoms with Crippen LogP contribution in [0.15, 0.2) is 54.9 Å². The second-order valence-electron chi connectivity index (χ2n) is 12.9. The molecule has 2 aliphatic heterocycles. The molecule has 0 atom stereocenters. The number of nitrogens with one attached hydrogen (secondary N) is 2. The summed E-state index contributed by atoms with van der Waals surface area (Å²) in [6.07, 6.45) is 6.00. The number of halogens is 3. The number of rotatable bonds is 11. The molecular formula is C37H40Cl2FN7O4. The lowest BCUT2D eigenvalue weighted by atomic mass is 9.97. The van der Waals surface area contributed by atoms with Crippen LogP contribution in [0.4, 0.5) is 15.9 Å². The number of aliphatic carboxylic acids is 1. The quantitative estimate of drug-likeness (QED) is 0.151. The zero-order valence-corrected chi connectivity index (χ0v) is 30.0. The van der Waals surface area contributed by atoms with E-state index in [0.29, 0.717) is 89.7 Å². The monoisotopic (exact) mass is 735 g/mol. The Hall–Kier alpha value is -4.36. The van der Waals surface area contributed by atoms with Crippen molar-refractivity contribution < 1.29 is 23.8 Å². The number of carboxylic acid groups (broad SMARTS) is 1. The molecular weight excluding hydrogens is 696 g/mol. The Balaban J connectivity index is 1.17. The normalized spacial score (nSPS) is 15.9. The second kappa shape index (κ2) is 16.3. The van der Waals surface area contributed by atoms with E-state index in [1.807, 2.05) is 21.9 Å². The number of methoxy groups -OCH3 is 1. The summed E-state index contributed by atoms with van der Waals surface area (Å²) in [5.41, 5.74) is 3.97. The van der Waals surface area contributed by atoms with Crippen molar-refractivity contribution in [1.29, 1.82) is 0 Å². The number of anilines is 2. The molecule has 1 aromatic carbocycles. The van der Waals surface area contributed by atoms with Crippen molar-refractivity contribution in [1.82, 2.24) is 30.1 Å². The van der Waals surface area contributed by atoms with Crippen LogP contribution >= 0.6 is 23.2 Å². The van der Waals surface area contributed by atoms with Crippen LogP contribution in [0.25, 0.3) is 22.5 Å². The minimum absolute atomic E-state index is 0.0205. The van der Waals surface area contributed by atoms with E-state index in [1.165, 1.54) is 6.20 Å². The smallest absolute Gasteiger partial charge is 0.306 e. The van der Waals surface area contributed by atoms with Crippen LogP contribution in [0, 0.1) is 11.7 Å². The van der Waals surface area contributed by atoms with Crippen molar-refractivity contribution >= 4 is 46.6 Å². The van der Waals surface area contributed by atoms with Gasteiger partial charge in [-0.15, -0.1) is 0 Å². The van der Waals surface area contributed by atoms with Crippen LogP contribution in [0.1, 0.15) is 43.7 Å². The maximum Gasteiger partial charge on any atom is 0.306 e. The number of piperidine rings is 2. The molecule has 2 aliphatic rings. The van der Waals surface area contributed by atoms with E-state index in [2.05, 4.69) is 20.6 Å². The topological polar surface area (TPSA) is 133 Å². The fourth-order valence-electron chi connectivity index (χ4n) is 6.62. The van der Waals surface area contributed by atoms with Crippen LogP contribution in [-0.2, 0) is 22.7 Å². The van der Waals surface area contributed by atoms with Gasteiger partial charge in [-0.25, -0.2) is 14.4 Å². The molecule has 2 saturated heterocycles. The highest BCUT2D eigenvalue weighted by Crippen LogP contribution is 2.41. The second-order valence-corrected chi connectivity index (χ2v) is 13.6. The molecule has 0 radical (unpaired) electrons. The van der Waals surface area contributed by atoms with Crippen LogP contribution < -0.4 is 15.4 Å². The molecule has 4 aromatic rings. The number of nitrogens with zero attached hydrogens (tertiary/aromatic N) is 5. The SMILES string of the molecule is COc1nc(-c2ccnc(-c3cccc(Nc4nccc(CN5CCC(C(=O)O)CC5)c4F)c3Cl)c2Cl)ccc1CNC1CCN(C(C)=O)CC1.